The Bertz CT molecular complexity index is 396. The van der Waals surface area contributed by atoms with E-state index in [1.54, 1.807) is 0 Å². The quantitative estimate of drug-likeness (QED) is 0.770. The van der Waals surface area contributed by atoms with E-state index in [4.69, 9.17) is 16.3 Å². The minimum atomic E-state index is 0.671. The van der Waals surface area contributed by atoms with E-state index in [-0.39, 0.29) is 0 Å². The highest BCUT2D eigenvalue weighted by molar-refractivity contribution is 6.30. The van der Waals surface area contributed by atoms with Crippen molar-refractivity contribution in [2.45, 2.75) is 37.6 Å². The van der Waals surface area contributed by atoms with Gasteiger partial charge in [0, 0.05) is 24.2 Å². The molecular formula is C16H22ClNO. The van der Waals surface area contributed by atoms with Crippen molar-refractivity contribution in [1.29, 1.82) is 0 Å². The molecule has 0 aliphatic heterocycles. The Labute approximate surface area is 120 Å². The highest BCUT2D eigenvalue weighted by atomic mass is 35.5. The molecule has 2 aliphatic carbocycles. The zero-order valence-corrected chi connectivity index (χ0v) is 12.0. The SMILES string of the molecule is Clc1ccc(C2CC(NCCOCC3CC3)C2)cc1. The van der Waals surface area contributed by atoms with E-state index < -0.39 is 0 Å². The molecule has 0 bridgehead atoms. The second-order valence-corrected chi connectivity index (χ2v) is 6.33. The minimum absolute atomic E-state index is 0.671. The Balaban J connectivity index is 1.28. The van der Waals surface area contributed by atoms with Crippen molar-refractivity contribution in [2.75, 3.05) is 19.8 Å². The van der Waals surface area contributed by atoms with Gasteiger partial charge in [-0.15, -0.1) is 0 Å². The predicted molar refractivity (Wildman–Crippen MR) is 78.8 cm³/mol. The largest absolute Gasteiger partial charge is 0.380 e. The van der Waals surface area contributed by atoms with Gasteiger partial charge < -0.3 is 10.1 Å². The maximum absolute atomic E-state index is 5.90. The molecule has 2 saturated carbocycles. The van der Waals surface area contributed by atoms with Crippen LogP contribution >= 0.6 is 11.6 Å². The molecule has 3 heteroatoms. The van der Waals surface area contributed by atoms with Crippen molar-refractivity contribution < 1.29 is 4.74 Å². The second-order valence-electron chi connectivity index (χ2n) is 5.89. The van der Waals surface area contributed by atoms with Gasteiger partial charge in [-0.05, 0) is 55.2 Å². The van der Waals surface area contributed by atoms with E-state index in [0.717, 1.165) is 30.7 Å². The fraction of sp³-hybridized carbons (Fsp3) is 0.625. The summed E-state index contributed by atoms with van der Waals surface area (Å²) in [5, 5.41) is 4.40. The number of hydrogen-bond acceptors (Lipinski definition) is 2. The van der Waals surface area contributed by atoms with Gasteiger partial charge in [-0.2, -0.15) is 0 Å². The van der Waals surface area contributed by atoms with Crippen LogP contribution in [-0.4, -0.2) is 25.8 Å². The lowest BCUT2D eigenvalue weighted by Crippen LogP contribution is -2.41. The summed E-state index contributed by atoms with van der Waals surface area (Å²) in [6, 6.07) is 8.96. The summed E-state index contributed by atoms with van der Waals surface area (Å²) < 4.78 is 5.62. The van der Waals surface area contributed by atoms with Crippen LogP contribution in [0.3, 0.4) is 0 Å². The van der Waals surface area contributed by atoms with Gasteiger partial charge >= 0.3 is 0 Å². The Hall–Kier alpha value is -0.570. The van der Waals surface area contributed by atoms with Gasteiger partial charge in [0.05, 0.1) is 6.61 Å². The number of hydrogen-bond donors (Lipinski definition) is 1. The summed E-state index contributed by atoms with van der Waals surface area (Å²) >= 11 is 5.90. The number of nitrogens with one attached hydrogen (secondary N) is 1. The summed E-state index contributed by atoms with van der Waals surface area (Å²) in [4.78, 5) is 0. The van der Waals surface area contributed by atoms with Crippen LogP contribution in [0.5, 0.6) is 0 Å². The third-order valence-corrected chi connectivity index (χ3v) is 4.46. The van der Waals surface area contributed by atoms with Crippen LogP contribution in [0.2, 0.25) is 5.02 Å². The van der Waals surface area contributed by atoms with Gasteiger partial charge in [-0.1, -0.05) is 23.7 Å². The van der Waals surface area contributed by atoms with E-state index in [0.29, 0.717) is 12.0 Å². The number of halogens is 1. The molecule has 0 spiro atoms. The van der Waals surface area contributed by atoms with Gasteiger partial charge in [-0.3, -0.25) is 0 Å². The van der Waals surface area contributed by atoms with Crippen molar-refractivity contribution in [3.05, 3.63) is 34.9 Å². The van der Waals surface area contributed by atoms with Crippen molar-refractivity contribution in [3.8, 4) is 0 Å². The van der Waals surface area contributed by atoms with E-state index in [1.165, 1.54) is 31.2 Å². The van der Waals surface area contributed by atoms with Crippen LogP contribution < -0.4 is 5.32 Å². The average Bonchev–Trinajstić information content (AvgIpc) is 3.17. The third kappa shape index (κ3) is 3.95. The Kier molecular flexibility index (Phi) is 4.42. The zero-order chi connectivity index (χ0) is 13.1. The first-order valence-electron chi connectivity index (χ1n) is 7.38. The smallest absolute Gasteiger partial charge is 0.0591 e. The molecular weight excluding hydrogens is 258 g/mol. The van der Waals surface area contributed by atoms with E-state index in [2.05, 4.69) is 17.4 Å². The van der Waals surface area contributed by atoms with Crippen LogP contribution in [0.4, 0.5) is 0 Å². The molecule has 0 aromatic heterocycles. The fourth-order valence-electron chi connectivity index (χ4n) is 2.66. The lowest BCUT2D eigenvalue weighted by Gasteiger charge is -2.36. The average molecular weight is 280 g/mol. The molecule has 0 unspecified atom stereocenters. The molecule has 1 aromatic carbocycles. The maximum atomic E-state index is 5.90. The summed E-state index contributed by atoms with van der Waals surface area (Å²) in [6.45, 7) is 2.82. The van der Waals surface area contributed by atoms with Crippen LogP contribution in [-0.2, 0) is 4.74 Å². The van der Waals surface area contributed by atoms with E-state index >= 15 is 0 Å². The molecule has 2 nitrogen and oxygen atoms in total. The standard InChI is InChI=1S/C16H22ClNO/c17-15-5-3-13(4-6-15)14-9-16(10-14)18-7-8-19-11-12-1-2-12/h3-6,12,14,16,18H,1-2,7-11H2. The normalized spacial score (nSPS) is 26.2. The van der Waals surface area contributed by atoms with Crippen molar-refractivity contribution in [1.82, 2.24) is 5.32 Å². The summed E-state index contributed by atoms with van der Waals surface area (Å²) in [6.07, 6.45) is 5.23. The van der Waals surface area contributed by atoms with Gasteiger partial charge in [0.25, 0.3) is 0 Å². The number of rotatable bonds is 7. The van der Waals surface area contributed by atoms with Crippen molar-refractivity contribution in [3.63, 3.8) is 0 Å². The molecule has 0 atom stereocenters. The molecule has 0 radical (unpaired) electrons. The molecule has 0 amide bonds. The Morgan fingerprint density at radius 1 is 1.16 bits per heavy atom. The molecule has 1 N–H and O–H groups in total. The summed E-state index contributed by atoms with van der Waals surface area (Å²) in [5.41, 5.74) is 1.42. The van der Waals surface area contributed by atoms with Gasteiger partial charge in [-0.25, -0.2) is 0 Å². The van der Waals surface area contributed by atoms with Crippen LogP contribution in [0, 0.1) is 5.92 Å². The van der Waals surface area contributed by atoms with Gasteiger partial charge in [0.2, 0.25) is 0 Å². The molecule has 19 heavy (non-hydrogen) atoms. The number of ether oxygens (including phenoxy) is 1. The highest BCUT2D eigenvalue weighted by Crippen LogP contribution is 2.37. The minimum Gasteiger partial charge on any atom is -0.380 e. The third-order valence-electron chi connectivity index (χ3n) is 4.21. The first-order chi connectivity index (χ1) is 9.31. The maximum Gasteiger partial charge on any atom is 0.0591 e. The lowest BCUT2D eigenvalue weighted by molar-refractivity contribution is 0.120. The molecule has 0 heterocycles. The van der Waals surface area contributed by atoms with Crippen LogP contribution in [0.25, 0.3) is 0 Å². The monoisotopic (exact) mass is 279 g/mol. The molecule has 1 aromatic rings. The fourth-order valence-corrected chi connectivity index (χ4v) is 2.79. The Morgan fingerprint density at radius 2 is 1.89 bits per heavy atom. The highest BCUT2D eigenvalue weighted by Gasteiger charge is 2.29. The lowest BCUT2D eigenvalue weighted by atomic mass is 9.76. The van der Waals surface area contributed by atoms with Crippen molar-refractivity contribution >= 4 is 11.6 Å². The first-order valence-corrected chi connectivity index (χ1v) is 7.75. The molecule has 2 aliphatic rings. The zero-order valence-electron chi connectivity index (χ0n) is 11.3. The Morgan fingerprint density at radius 3 is 2.58 bits per heavy atom. The predicted octanol–water partition coefficient (Wildman–Crippen LogP) is 3.60. The van der Waals surface area contributed by atoms with Crippen LogP contribution in [0.15, 0.2) is 24.3 Å². The van der Waals surface area contributed by atoms with Crippen LogP contribution in [0.1, 0.15) is 37.2 Å². The molecule has 2 fully saturated rings. The molecule has 0 saturated heterocycles. The van der Waals surface area contributed by atoms with E-state index in [9.17, 15) is 0 Å². The number of benzene rings is 1. The van der Waals surface area contributed by atoms with E-state index in [1.807, 2.05) is 12.1 Å². The second kappa shape index (κ2) is 6.25. The summed E-state index contributed by atoms with van der Waals surface area (Å²) in [7, 11) is 0. The van der Waals surface area contributed by atoms with Gasteiger partial charge in [0.1, 0.15) is 0 Å². The molecule has 104 valence electrons. The topological polar surface area (TPSA) is 21.3 Å². The first kappa shape index (κ1) is 13.4. The van der Waals surface area contributed by atoms with Crippen molar-refractivity contribution in [2.24, 2.45) is 5.92 Å². The summed E-state index contributed by atoms with van der Waals surface area (Å²) in [5.74, 6) is 1.58. The molecule has 3 rings (SSSR count). The van der Waals surface area contributed by atoms with Gasteiger partial charge in [0.15, 0.2) is 0 Å².